The molecule has 22 heavy (non-hydrogen) atoms. The quantitative estimate of drug-likeness (QED) is 0.874. The van der Waals surface area contributed by atoms with Crippen LogP contribution < -0.4 is 5.32 Å². The fourth-order valence-corrected chi connectivity index (χ4v) is 2.44. The van der Waals surface area contributed by atoms with E-state index in [2.05, 4.69) is 15.5 Å². The summed E-state index contributed by atoms with van der Waals surface area (Å²) in [5.41, 5.74) is 1.48. The zero-order valence-corrected chi connectivity index (χ0v) is 12.1. The van der Waals surface area contributed by atoms with Crippen molar-refractivity contribution in [3.05, 3.63) is 30.6 Å². The minimum Gasteiger partial charge on any atom is -0.481 e. The normalized spacial score (nSPS) is 19.7. The molecule has 1 aromatic heterocycles. The number of carboxylic acid groups (broad SMARTS) is 1. The van der Waals surface area contributed by atoms with Crippen molar-refractivity contribution >= 4 is 17.6 Å². The molecule has 3 rings (SSSR count). The fraction of sp³-hybridized carbons (Fsp3) is 0.333. The van der Waals surface area contributed by atoms with E-state index in [1.165, 1.54) is 0 Å². The van der Waals surface area contributed by atoms with Crippen molar-refractivity contribution in [2.24, 2.45) is 11.8 Å². The van der Waals surface area contributed by atoms with E-state index in [0.29, 0.717) is 12.1 Å². The maximum Gasteiger partial charge on any atom is 0.307 e. The molecule has 0 bridgehead atoms. The van der Waals surface area contributed by atoms with Gasteiger partial charge in [-0.3, -0.25) is 9.59 Å². The molecule has 0 saturated heterocycles. The number of benzene rings is 1. The third kappa shape index (κ3) is 2.69. The summed E-state index contributed by atoms with van der Waals surface area (Å²) in [5.74, 6) is -1.41. The lowest BCUT2D eigenvalue weighted by atomic mass is 10.2. The highest BCUT2D eigenvalue weighted by Gasteiger charge is 2.48. The fourth-order valence-electron chi connectivity index (χ4n) is 2.44. The Morgan fingerprint density at radius 3 is 2.91 bits per heavy atom. The van der Waals surface area contributed by atoms with Gasteiger partial charge in [-0.1, -0.05) is 12.1 Å². The number of aliphatic carboxylic acids is 1. The van der Waals surface area contributed by atoms with E-state index in [4.69, 9.17) is 5.11 Å². The molecule has 1 aromatic carbocycles. The Kier molecular flexibility index (Phi) is 3.62. The number of rotatable bonds is 5. The number of carboxylic acids is 1. The Labute approximate surface area is 127 Å². The molecule has 1 aliphatic rings. The molecule has 2 aromatic rings. The molecule has 1 aliphatic carbocycles. The average molecular weight is 300 g/mol. The van der Waals surface area contributed by atoms with Crippen molar-refractivity contribution in [2.45, 2.75) is 19.9 Å². The largest absolute Gasteiger partial charge is 0.481 e. The molecule has 114 valence electrons. The summed E-state index contributed by atoms with van der Waals surface area (Å²) in [5, 5.41) is 19.6. The number of nitrogens with one attached hydrogen (secondary N) is 1. The van der Waals surface area contributed by atoms with Crippen LogP contribution in [0.4, 0.5) is 5.69 Å². The predicted octanol–water partition coefficient (Wildman–Crippen LogP) is 1.62. The van der Waals surface area contributed by atoms with Gasteiger partial charge in [-0.15, -0.1) is 10.2 Å². The van der Waals surface area contributed by atoms with Crippen LogP contribution in [0.2, 0.25) is 0 Å². The SMILES string of the molecule is CCn1cnnc1-c1cccc(NC(=O)C2CC2C(=O)O)c1. The summed E-state index contributed by atoms with van der Waals surface area (Å²) in [6.07, 6.45) is 2.06. The highest BCUT2D eigenvalue weighted by atomic mass is 16.4. The van der Waals surface area contributed by atoms with Crippen molar-refractivity contribution in [1.82, 2.24) is 14.8 Å². The Morgan fingerprint density at radius 2 is 2.23 bits per heavy atom. The first-order valence-electron chi connectivity index (χ1n) is 7.12. The van der Waals surface area contributed by atoms with Gasteiger partial charge in [-0.2, -0.15) is 0 Å². The van der Waals surface area contributed by atoms with Crippen molar-refractivity contribution in [3.8, 4) is 11.4 Å². The molecule has 1 heterocycles. The monoisotopic (exact) mass is 300 g/mol. The first-order valence-corrected chi connectivity index (χ1v) is 7.12. The lowest BCUT2D eigenvalue weighted by Gasteiger charge is -2.07. The van der Waals surface area contributed by atoms with Crippen molar-refractivity contribution in [2.75, 3.05) is 5.32 Å². The molecular formula is C15H16N4O3. The number of carbonyl (C=O) groups excluding carboxylic acids is 1. The molecule has 2 N–H and O–H groups in total. The summed E-state index contributed by atoms with van der Waals surface area (Å²) in [6.45, 7) is 2.75. The van der Waals surface area contributed by atoms with E-state index >= 15 is 0 Å². The zero-order valence-electron chi connectivity index (χ0n) is 12.1. The summed E-state index contributed by atoms with van der Waals surface area (Å²) in [7, 11) is 0. The summed E-state index contributed by atoms with van der Waals surface area (Å²) in [6, 6.07) is 7.29. The van der Waals surface area contributed by atoms with Gasteiger partial charge in [0, 0.05) is 17.8 Å². The molecule has 0 spiro atoms. The molecule has 1 amide bonds. The van der Waals surface area contributed by atoms with Crippen LogP contribution in [-0.2, 0) is 16.1 Å². The second-order valence-electron chi connectivity index (χ2n) is 5.30. The minimum atomic E-state index is -0.912. The molecule has 2 unspecified atom stereocenters. The van der Waals surface area contributed by atoms with Gasteiger partial charge in [-0.25, -0.2) is 0 Å². The van der Waals surface area contributed by atoms with Crippen molar-refractivity contribution in [1.29, 1.82) is 0 Å². The van der Waals surface area contributed by atoms with E-state index in [9.17, 15) is 9.59 Å². The molecule has 0 aliphatic heterocycles. The van der Waals surface area contributed by atoms with Crippen LogP contribution in [0.5, 0.6) is 0 Å². The van der Waals surface area contributed by atoms with Gasteiger partial charge in [0.2, 0.25) is 5.91 Å². The smallest absolute Gasteiger partial charge is 0.307 e. The first-order chi connectivity index (χ1) is 10.6. The number of aromatic nitrogens is 3. The topological polar surface area (TPSA) is 97.1 Å². The lowest BCUT2D eigenvalue weighted by molar-refractivity contribution is -0.139. The Bertz CT molecular complexity index is 725. The van der Waals surface area contributed by atoms with Gasteiger partial charge in [0.05, 0.1) is 11.8 Å². The van der Waals surface area contributed by atoms with E-state index in [0.717, 1.165) is 17.9 Å². The van der Waals surface area contributed by atoms with Crippen LogP contribution >= 0.6 is 0 Å². The van der Waals surface area contributed by atoms with E-state index in [1.807, 2.05) is 29.7 Å². The van der Waals surface area contributed by atoms with Crippen LogP contribution in [0.15, 0.2) is 30.6 Å². The van der Waals surface area contributed by atoms with Gasteiger partial charge in [0.15, 0.2) is 5.82 Å². The highest BCUT2D eigenvalue weighted by molar-refractivity contribution is 5.98. The number of nitrogens with zero attached hydrogens (tertiary/aromatic N) is 3. The molecule has 7 heteroatoms. The van der Waals surface area contributed by atoms with Gasteiger partial charge >= 0.3 is 5.97 Å². The average Bonchev–Trinajstić information content (AvgIpc) is 3.18. The number of hydrogen-bond acceptors (Lipinski definition) is 4. The summed E-state index contributed by atoms with van der Waals surface area (Å²) in [4.78, 5) is 22.8. The summed E-state index contributed by atoms with van der Waals surface area (Å²) >= 11 is 0. The Morgan fingerprint density at radius 1 is 1.41 bits per heavy atom. The van der Waals surface area contributed by atoms with E-state index in [-0.39, 0.29) is 5.91 Å². The molecular weight excluding hydrogens is 284 g/mol. The number of carbonyl (C=O) groups is 2. The maximum atomic E-state index is 12.0. The second kappa shape index (κ2) is 5.59. The molecule has 0 radical (unpaired) electrons. The first kappa shape index (κ1) is 14.2. The predicted molar refractivity (Wildman–Crippen MR) is 79.0 cm³/mol. The van der Waals surface area contributed by atoms with Crippen LogP contribution in [0.25, 0.3) is 11.4 Å². The second-order valence-corrected chi connectivity index (χ2v) is 5.30. The summed E-state index contributed by atoms with van der Waals surface area (Å²) < 4.78 is 1.91. The Balaban J connectivity index is 1.75. The third-order valence-electron chi connectivity index (χ3n) is 3.79. The van der Waals surface area contributed by atoms with Gasteiger partial charge in [-0.05, 0) is 25.5 Å². The van der Waals surface area contributed by atoms with Gasteiger partial charge < -0.3 is 15.0 Å². The van der Waals surface area contributed by atoms with Crippen LogP contribution in [-0.4, -0.2) is 31.7 Å². The van der Waals surface area contributed by atoms with Gasteiger partial charge in [0.25, 0.3) is 0 Å². The molecule has 7 nitrogen and oxygen atoms in total. The number of hydrogen-bond donors (Lipinski definition) is 2. The lowest BCUT2D eigenvalue weighted by Crippen LogP contribution is -2.16. The van der Waals surface area contributed by atoms with Crippen LogP contribution in [0.1, 0.15) is 13.3 Å². The molecule has 1 saturated carbocycles. The van der Waals surface area contributed by atoms with E-state index in [1.54, 1.807) is 12.4 Å². The molecule has 1 fully saturated rings. The number of amides is 1. The van der Waals surface area contributed by atoms with Crippen LogP contribution in [0.3, 0.4) is 0 Å². The van der Waals surface area contributed by atoms with Crippen molar-refractivity contribution in [3.63, 3.8) is 0 Å². The maximum absolute atomic E-state index is 12.0. The minimum absolute atomic E-state index is 0.249. The third-order valence-corrected chi connectivity index (χ3v) is 3.79. The van der Waals surface area contributed by atoms with Crippen molar-refractivity contribution < 1.29 is 14.7 Å². The van der Waals surface area contributed by atoms with Gasteiger partial charge in [0.1, 0.15) is 6.33 Å². The zero-order chi connectivity index (χ0) is 15.7. The van der Waals surface area contributed by atoms with E-state index < -0.39 is 17.8 Å². The number of aryl methyl sites for hydroxylation is 1. The standard InChI is InChI=1S/C15H16N4O3/c1-2-19-8-16-18-13(19)9-4-3-5-10(6-9)17-14(20)11-7-12(11)15(21)22/h3-6,8,11-12H,2,7H2,1H3,(H,17,20)(H,21,22). The highest BCUT2D eigenvalue weighted by Crippen LogP contribution is 2.39. The van der Waals surface area contributed by atoms with Crippen LogP contribution in [0, 0.1) is 11.8 Å². The number of anilines is 1. The molecule has 2 atom stereocenters. The Hall–Kier alpha value is -2.70.